The van der Waals surface area contributed by atoms with Crippen LogP contribution in [0.1, 0.15) is 24.0 Å². The molecular formula is C14H19N. The zero-order valence-corrected chi connectivity index (χ0v) is 9.42. The van der Waals surface area contributed by atoms with E-state index in [1.54, 1.807) is 0 Å². The minimum Gasteiger partial charge on any atom is -0.317 e. The highest BCUT2D eigenvalue weighted by atomic mass is 14.9. The summed E-state index contributed by atoms with van der Waals surface area (Å²) in [5.74, 6) is 0.675. The van der Waals surface area contributed by atoms with Gasteiger partial charge in [-0.05, 0) is 49.9 Å². The number of benzene rings is 1. The van der Waals surface area contributed by atoms with Crippen molar-refractivity contribution in [2.24, 2.45) is 5.92 Å². The Balaban J connectivity index is 2.09. The molecule has 0 amide bonds. The Morgan fingerprint density at radius 1 is 1.20 bits per heavy atom. The summed E-state index contributed by atoms with van der Waals surface area (Å²) >= 11 is 0. The normalized spacial score (nSPS) is 17.7. The Morgan fingerprint density at radius 2 is 1.80 bits per heavy atom. The number of rotatable bonds is 2. The molecule has 1 fully saturated rings. The maximum Gasteiger partial charge on any atom is -0.00431 e. The number of hydrogen-bond acceptors (Lipinski definition) is 1. The van der Waals surface area contributed by atoms with Gasteiger partial charge in [0.05, 0.1) is 0 Å². The van der Waals surface area contributed by atoms with Gasteiger partial charge in [0.2, 0.25) is 0 Å². The number of hydrogen-bond donors (Lipinski definition) is 1. The molecule has 0 atom stereocenters. The standard InChI is InChI=1S/C14H19N/c1-11-3-5-13(6-4-11)12(2)14-7-9-15-10-8-14/h3-6,14-15H,2,7-10H2,1H3. The van der Waals surface area contributed by atoms with Crippen molar-refractivity contribution in [3.63, 3.8) is 0 Å². The fourth-order valence-corrected chi connectivity index (χ4v) is 2.17. The van der Waals surface area contributed by atoms with Gasteiger partial charge in [0.1, 0.15) is 0 Å². The van der Waals surface area contributed by atoms with Crippen molar-refractivity contribution >= 4 is 5.57 Å². The first kappa shape index (κ1) is 10.4. The van der Waals surface area contributed by atoms with Gasteiger partial charge in [-0.2, -0.15) is 0 Å². The van der Waals surface area contributed by atoms with Crippen LogP contribution in [-0.4, -0.2) is 13.1 Å². The predicted molar refractivity (Wildman–Crippen MR) is 65.8 cm³/mol. The third kappa shape index (κ3) is 2.48. The van der Waals surface area contributed by atoms with Crippen LogP contribution in [0, 0.1) is 12.8 Å². The maximum atomic E-state index is 4.25. The van der Waals surface area contributed by atoms with E-state index in [0.29, 0.717) is 5.92 Å². The number of piperidine rings is 1. The fourth-order valence-electron chi connectivity index (χ4n) is 2.17. The molecule has 1 heterocycles. The molecule has 0 aromatic heterocycles. The minimum atomic E-state index is 0.675. The van der Waals surface area contributed by atoms with Gasteiger partial charge in [0.25, 0.3) is 0 Å². The quantitative estimate of drug-likeness (QED) is 0.775. The molecule has 0 bridgehead atoms. The molecular weight excluding hydrogens is 182 g/mol. The van der Waals surface area contributed by atoms with Gasteiger partial charge in [-0.3, -0.25) is 0 Å². The molecule has 1 heteroatoms. The molecule has 1 N–H and O–H groups in total. The highest BCUT2D eigenvalue weighted by molar-refractivity contribution is 5.65. The average Bonchev–Trinajstić information content (AvgIpc) is 2.30. The van der Waals surface area contributed by atoms with Gasteiger partial charge < -0.3 is 5.32 Å². The first-order valence-corrected chi connectivity index (χ1v) is 5.74. The molecule has 0 radical (unpaired) electrons. The van der Waals surface area contributed by atoms with E-state index in [9.17, 15) is 0 Å². The molecule has 1 nitrogen and oxygen atoms in total. The van der Waals surface area contributed by atoms with E-state index >= 15 is 0 Å². The Kier molecular flexibility index (Phi) is 3.22. The molecule has 0 aliphatic carbocycles. The van der Waals surface area contributed by atoms with Crippen molar-refractivity contribution in [2.45, 2.75) is 19.8 Å². The largest absolute Gasteiger partial charge is 0.317 e. The Bertz CT molecular complexity index is 331. The smallest absolute Gasteiger partial charge is 0.00431 e. The highest BCUT2D eigenvalue weighted by Gasteiger charge is 2.16. The second kappa shape index (κ2) is 4.63. The van der Waals surface area contributed by atoms with E-state index in [1.165, 1.54) is 29.5 Å². The van der Waals surface area contributed by atoms with Crippen LogP contribution in [0.2, 0.25) is 0 Å². The molecule has 1 aromatic rings. The molecule has 1 aromatic carbocycles. The molecule has 80 valence electrons. The molecule has 15 heavy (non-hydrogen) atoms. The van der Waals surface area contributed by atoms with Crippen molar-refractivity contribution in [3.05, 3.63) is 42.0 Å². The third-order valence-electron chi connectivity index (χ3n) is 3.25. The molecule has 0 saturated carbocycles. The topological polar surface area (TPSA) is 12.0 Å². The first-order valence-electron chi connectivity index (χ1n) is 5.74. The summed E-state index contributed by atoms with van der Waals surface area (Å²) in [5.41, 5.74) is 3.95. The summed E-state index contributed by atoms with van der Waals surface area (Å²) < 4.78 is 0. The van der Waals surface area contributed by atoms with Crippen LogP contribution >= 0.6 is 0 Å². The SMILES string of the molecule is C=C(c1ccc(C)cc1)C1CCNCC1. The Hall–Kier alpha value is -1.08. The zero-order valence-electron chi connectivity index (χ0n) is 9.42. The van der Waals surface area contributed by atoms with Gasteiger partial charge in [-0.15, -0.1) is 0 Å². The number of allylic oxidation sites excluding steroid dienone is 1. The van der Waals surface area contributed by atoms with E-state index in [4.69, 9.17) is 0 Å². The van der Waals surface area contributed by atoms with Crippen molar-refractivity contribution in [2.75, 3.05) is 13.1 Å². The van der Waals surface area contributed by atoms with Crippen LogP contribution in [-0.2, 0) is 0 Å². The Labute approximate surface area is 92.2 Å². The van der Waals surface area contributed by atoms with Crippen molar-refractivity contribution in [3.8, 4) is 0 Å². The molecule has 1 aliphatic rings. The second-order valence-electron chi connectivity index (χ2n) is 4.42. The van der Waals surface area contributed by atoms with Crippen LogP contribution in [0.25, 0.3) is 5.57 Å². The van der Waals surface area contributed by atoms with Crippen molar-refractivity contribution in [1.29, 1.82) is 0 Å². The average molecular weight is 201 g/mol. The highest BCUT2D eigenvalue weighted by Crippen LogP contribution is 2.28. The lowest BCUT2D eigenvalue weighted by atomic mass is 9.86. The van der Waals surface area contributed by atoms with Crippen molar-refractivity contribution in [1.82, 2.24) is 5.32 Å². The van der Waals surface area contributed by atoms with Gasteiger partial charge in [0.15, 0.2) is 0 Å². The third-order valence-corrected chi connectivity index (χ3v) is 3.25. The van der Waals surface area contributed by atoms with Gasteiger partial charge in [-0.25, -0.2) is 0 Å². The summed E-state index contributed by atoms with van der Waals surface area (Å²) in [6.45, 7) is 8.64. The molecule has 1 saturated heterocycles. The second-order valence-corrected chi connectivity index (χ2v) is 4.42. The van der Waals surface area contributed by atoms with Gasteiger partial charge in [0, 0.05) is 0 Å². The summed E-state index contributed by atoms with van der Waals surface area (Å²) in [6, 6.07) is 8.72. The predicted octanol–water partition coefficient (Wildman–Crippen LogP) is 3.01. The van der Waals surface area contributed by atoms with Gasteiger partial charge in [-0.1, -0.05) is 36.4 Å². The molecule has 2 rings (SSSR count). The van der Waals surface area contributed by atoms with Crippen LogP contribution in [0.5, 0.6) is 0 Å². The minimum absolute atomic E-state index is 0.675. The summed E-state index contributed by atoms with van der Waals surface area (Å²) in [5, 5.41) is 3.39. The lowest BCUT2D eigenvalue weighted by molar-refractivity contribution is 0.447. The van der Waals surface area contributed by atoms with Crippen LogP contribution < -0.4 is 5.32 Å². The Morgan fingerprint density at radius 3 is 2.40 bits per heavy atom. The lowest BCUT2D eigenvalue weighted by Gasteiger charge is -2.24. The van der Waals surface area contributed by atoms with Crippen molar-refractivity contribution < 1.29 is 0 Å². The lowest BCUT2D eigenvalue weighted by Crippen LogP contribution is -2.28. The van der Waals surface area contributed by atoms with E-state index in [2.05, 4.69) is 43.1 Å². The first-order chi connectivity index (χ1) is 7.27. The van der Waals surface area contributed by atoms with Gasteiger partial charge >= 0.3 is 0 Å². The van der Waals surface area contributed by atoms with E-state index in [1.807, 2.05) is 0 Å². The summed E-state index contributed by atoms with van der Waals surface area (Å²) in [4.78, 5) is 0. The van der Waals surface area contributed by atoms with E-state index < -0.39 is 0 Å². The summed E-state index contributed by atoms with van der Waals surface area (Å²) in [6.07, 6.45) is 2.46. The van der Waals surface area contributed by atoms with E-state index in [-0.39, 0.29) is 0 Å². The summed E-state index contributed by atoms with van der Waals surface area (Å²) in [7, 11) is 0. The molecule has 0 unspecified atom stereocenters. The molecule has 0 spiro atoms. The maximum absolute atomic E-state index is 4.25. The zero-order chi connectivity index (χ0) is 10.7. The number of nitrogens with one attached hydrogen (secondary N) is 1. The van der Waals surface area contributed by atoms with Crippen LogP contribution in [0.3, 0.4) is 0 Å². The van der Waals surface area contributed by atoms with Crippen LogP contribution in [0.15, 0.2) is 30.8 Å². The monoisotopic (exact) mass is 201 g/mol. The van der Waals surface area contributed by atoms with Crippen LogP contribution in [0.4, 0.5) is 0 Å². The molecule has 1 aliphatic heterocycles. The van der Waals surface area contributed by atoms with E-state index in [0.717, 1.165) is 13.1 Å². The fraction of sp³-hybridized carbons (Fsp3) is 0.429. The number of aryl methyl sites for hydroxylation is 1.